The highest BCUT2D eigenvalue weighted by atomic mass is 32.2. The third-order valence-corrected chi connectivity index (χ3v) is 4.12. The van der Waals surface area contributed by atoms with E-state index in [-0.39, 0.29) is 11.5 Å². The quantitative estimate of drug-likeness (QED) is 0.835. The minimum atomic E-state index is 0.135. The molecule has 98 valence electrons. The van der Waals surface area contributed by atoms with Gasteiger partial charge in [0.2, 0.25) is 0 Å². The molecular formula is C14H21N3S. The van der Waals surface area contributed by atoms with Crippen molar-refractivity contribution in [3.63, 3.8) is 0 Å². The Kier molecular flexibility index (Phi) is 3.69. The first-order valence-corrected chi connectivity index (χ1v) is 7.19. The van der Waals surface area contributed by atoms with Gasteiger partial charge >= 0.3 is 0 Å². The molecule has 0 spiro atoms. The lowest BCUT2D eigenvalue weighted by Crippen LogP contribution is -2.37. The lowest BCUT2D eigenvalue weighted by Gasteiger charge is -2.26. The molecule has 0 saturated carbocycles. The molecule has 1 unspecified atom stereocenters. The average molecular weight is 263 g/mol. The van der Waals surface area contributed by atoms with Crippen molar-refractivity contribution in [1.82, 2.24) is 9.97 Å². The second-order valence-electron chi connectivity index (χ2n) is 5.85. The summed E-state index contributed by atoms with van der Waals surface area (Å²) in [5.41, 5.74) is 9.65. The summed E-state index contributed by atoms with van der Waals surface area (Å²) in [4.78, 5) is 7.90. The first kappa shape index (κ1) is 13.4. The predicted molar refractivity (Wildman–Crippen MR) is 79.0 cm³/mol. The Hall–Kier alpha value is -1.00. The molecule has 1 heterocycles. The molecule has 1 atom stereocenters. The second kappa shape index (κ2) is 4.94. The van der Waals surface area contributed by atoms with Crippen molar-refractivity contribution in [3.05, 3.63) is 23.8 Å². The van der Waals surface area contributed by atoms with Crippen molar-refractivity contribution < 1.29 is 0 Å². The number of imidazole rings is 1. The van der Waals surface area contributed by atoms with Gasteiger partial charge in [0, 0.05) is 11.8 Å². The number of fused-ring (bicyclic) bond motifs is 1. The molecule has 0 aliphatic rings. The van der Waals surface area contributed by atoms with Crippen LogP contribution in [0.5, 0.6) is 0 Å². The minimum absolute atomic E-state index is 0.135. The van der Waals surface area contributed by atoms with E-state index in [1.54, 1.807) is 11.8 Å². The van der Waals surface area contributed by atoms with Crippen LogP contribution >= 0.6 is 11.8 Å². The number of hydrogen-bond donors (Lipinski definition) is 2. The van der Waals surface area contributed by atoms with Crippen molar-refractivity contribution in [2.45, 2.75) is 38.9 Å². The number of hydrogen-bond acceptors (Lipinski definition) is 3. The smallest absolute Gasteiger partial charge is 0.166 e. The van der Waals surface area contributed by atoms with Gasteiger partial charge in [-0.25, -0.2) is 4.98 Å². The maximum atomic E-state index is 6.15. The molecule has 0 aliphatic carbocycles. The zero-order valence-electron chi connectivity index (χ0n) is 11.4. The van der Waals surface area contributed by atoms with Crippen LogP contribution in [0.15, 0.2) is 23.4 Å². The Labute approximate surface area is 113 Å². The van der Waals surface area contributed by atoms with E-state index in [1.807, 2.05) is 0 Å². The first-order chi connectivity index (χ1) is 8.36. The van der Waals surface area contributed by atoms with Crippen LogP contribution in [0.3, 0.4) is 0 Å². The summed E-state index contributed by atoms with van der Waals surface area (Å²) in [7, 11) is 0. The number of aromatic amines is 1. The molecule has 3 nitrogen and oxygen atoms in total. The Morgan fingerprint density at radius 3 is 2.78 bits per heavy atom. The van der Waals surface area contributed by atoms with E-state index in [9.17, 15) is 0 Å². The number of nitrogens with one attached hydrogen (secondary N) is 1. The lowest BCUT2D eigenvalue weighted by atomic mass is 9.89. The SMILES string of the molecule is Cc1ccc2nc(SCC(N)C(C)(C)C)[nH]c2c1. The van der Waals surface area contributed by atoms with Crippen LogP contribution in [0.2, 0.25) is 0 Å². The molecule has 3 N–H and O–H groups in total. The average Bonchev–Trinajstić information content (AvgIpc) is 2.66. The van der Waals surface area contributed by atoms with E-state index in [0.717, 1.165) is 21.9 Å². The zero-order valence-corrected chi connectivity index (χ0v) is 12.3. The fourth-order valence-electron chi connectivity index (χ4n) is 1.59. The number of aromatic nitrogens is 2. The van der Waals surface area contributed by atoms with E-state index in [4.69, 9.17) is 5.73 Å². The van der Waals surface area contributed by atoms with Gasteiger partial charge in [0.25, 0.3) is 0 Å². The highest BCUT2D eigenvalue weighted by Gasteiger charge is 2.21. The zero-order chi connectivity index (χ0) is 13.3. The first-order valence-electron chi connectivity index (χ1n) is 6.21. The van der Waals surface area contributed by atoms with Gasteiger partial charge in [-0.2, -0.15) is 0 Å². The summed E-state index contributed by atoms with van der Waals surface area (Å²) in [6.07, 6.45) is 0. The number of thioether (sulfide) groups is 1. The lowest BCUT2D eigenvalue weighted by molar-refractivity contribution is 0.344. The molecule has 4 heteroatoms. The molecule has 2 aromatic rings. The predicted octanol–water partition coefficient (Wildman–Crippen LogP) is 3.34. The van der Waals surface area contributed by atoms with Crippen LogP contribution in [0.1, 0.15) is 26.3 Å². The van der Waals surface area contributed by atoms with E-state index >= 15 is 0 Å². The largest absolute Gasteiger partial charge is 0.333 e. The van der Waals surface area contributed by atoms with Crippen molar-refractivity contribution in [2.75, 3.05) is 5.75 Å². The Morgan fingerprint density at radius 1 is 1.39 bits per heavy atom. The molecule has 0 saturated heterocycles. The maximum absolute atomic E-state index is 6.15. The summed E-state index contributed by atoms with van der Waals surface area (Å²) < 4.78 is 0. The summed E-state index contributed by atoms with van der Waals surface area (Å²) >= 11 is 1.70. The standard InChI is InChI=1S/C14H21N3S/c1-9-5-6-10-11(7-9)17-13(16-10)18-8-12(15)14(2,3)4/h5-7,12H,8,15H2,1-4H3,(H,16,17). The molecule has 0 aliphatic heterocycles. The highest BCUT2D eigenvalue weighted by molar-refractivity contribution is 7.99. The number of nitrogens with zero attached hydrogens (tertiary/aromatic N) is 1. The van der Waals surface area contributed by atoms with Gasteiger partial charge < -0.3 is 10.7 Å². The van der Waals surface area contributed by atoms with Crippen molar-refractivity contribution in [1.29, 1.82) is 0 Å². The number of rotatable bonds is 3. The molecule has 0 amide bonds. The van der Waals surface area contributed by atoms with Crippen molar-refractivity contribution in [3.8, 4) is 0 Å². The van der Waals surface area contributed by atoms with E-state index in [0.29, 0.717) is 0 Å². The fraction of sp³-hybridized carbons (Fsp3) is 0.500. The van der Waals surface area contributed by atoms with Crippen molar-refractivity contribution >= 4 is 22.8 Å². The minimum Gasteiger partial charge on any atom is -0.333 e. The molecule has 0 bridgehead atoms. The summed E-state index contributed by atoms with van der Waals surface area (Å²) in [6.45, 7) is 8.59. The van der Waals surface area contributed by atoms with E-state index < -0.39 is 0 Å². The molecular weight excluding hydrogens is 242 g/mol. The van der Waals surface area contributed by atoms with E-state index in [2.05, 4.69) is 55.9 Å². The summed E-state index contributed by atoms with van der Waals surface area (Å²) in [5, 5.41) is 0.954. The number of benzene rings is 1. The molecule has 1 aromatic carbocycles. The maximum Gasteiger partial charge on any atom is 0.166 e. The van der Waals surface area contributed by atoms with Gasteiger partial charge in [0.05, 0.1) is 11.0 Å². The Morgan fingerprint density at radius 2 is 2.11 bits per heavy atom. The Balaban J connectivity index is 2.09. The number of nitrogens with two attached hydrogens (primary N) is 1. The number of H-pyrrole nitrogens is 1. The van der Waals surface area contributed by atoms with Crippen LogP contribution in [0.4, 0.5) is 0 Å². The molecule has 0 fully saturated rings. The van der Waals surface area contributed by atoms with Crippen LogP contribution < -0.4 is 5.73 Å². The van der Waals surface area contributed by atoms with Crippen LogP contribution in [0, 0.1) is 12.3 Å². The summed E-state index contributed by atoms with van der Waals surface area (Å²) in [5.74, 6) is 0.877. The third kappa shape index (κ3) is 3.06. The topological polar surface area (TPSA) is 54.7 Å². The van der Waals surface area contributed by atoms with Gasteiger partial charge in [0.15, 0.2) is 5.16 Å². The molecule has 18 heavy (non-hydrogen) atoms. The molecule has 2 rings (SSSR count). The fourth-order valence-corrected chi connectivity index (χ4v) is 2.77. The van der Waals surface area contributed by atoms with Gasteiger partial charge in [-0.15, -0.1) is 0 Å². The third-order valence-electron chi connectivity index (χ3n) is 3.13. The van der Waals surface area contributed by atoms with Crippen LogP contribution in [-0.4, -0.2) is 21.8 Å². The van der Waals surface area contributed by atoms with Crippen LogP contribution in [-0.2, 0) is 0 Å². The monoisotopic (exact) mass is 263 g/mol. The normalized spacial score (nSPS) is 14.1. The van der Waals surface area contributed by atoms with Gasteiger partial charge in [-0.1, -0.05) is 38.6 Å². The molecule has 1 aromatic heterocycles. The van der Waals surface area contributed by atoms with Gasteiger partial charge in [0.1, 0.15) is 0 Å². The highest BCUT2D eigenvalue weighted by Crippen LogP contribution is 2.25. The molecule has 0 radical (unpaired) electrons. The Bertz CT molecular complexity index is 539. The second-order valence-corrected chi connectivity index (χ2v) is 6.85. The van der Waals surface area contributed by atoms with Crippen molar-refractivity contribution in [2.24, 2.45) is 11.1 Å². The van der Waals surface area contributed by atoms with Crippen LogP contribution in [0.25, 0.3) is 11.0 Å². The van der Waals surface area contributed by atoms with Gasteiger partial charge in [-0.05, 0) is 30.0 Å². The number of aryl methyl sites for hydroxylation is 1. The van der Waals surface area contributed by atoms with Gasteiger partial charge in [-0.3, -0.25) is 0 Å². The summed E-state index contributed by atoms with van der Waals surface area (Å²) in [6, 6.07) is 6.42. The van der Waals surface area contributed by atoms with E-state index in [1.165, 1.54) is 5.56 Å².